The van der Waals surface area contributed by atoms with Gasteiger partial charge in [-0.1, -0.05) is 31.2 Å². The Morgan fingerprint density at radius 3 is 2.56 bits per heavy atom. The molecular weight excluding hydrogens is 458 g/mol. The fraction of sp³-hybridized carbons (Fsp3) is 0.357. The zero-order valence-electron chi connectivity index (χ0n) is 21.3. The third-order valence-electron chi connectivity index (χ3n) is 5.47. The van der Waals surface area contributed by atoms with Crippen LogP contribution in [0.4, 0.5) is 0 Å². The molecule has 2 aromatic carbocycles. The predicted octanol–water partition coefficient (Wildman–Crippen LogP) is 4.52. The number of aromatic nitrogens is 1. The summed E-state index contributed by atoms with van der Waals surface area (Å²) in [6, 6.07) is 13.6. The molecule has 0 aliphatic heterocycles. The van der Waals surface area contributed by atoms with Crippen molar-refractivity contribution in [3.63, 3.8) is 0 Å². The summed E-state index contributed by atoms with van der Waals surface area (Å²) in [7, 11) is 0. The summed E-state index contributed by atoms with van der Waals surface area (Å²) in [5.41, 5.74) is 5.18. The molecule has 1 amide bonds. The monoisotopic (exact) mass is 493 g/mol. The smallest absolute Gasteiger partial charge is 0.347 e. The van der Waals surface area contributed by atoms with Crippen LogP contribution >= 0.6 is 0 Å². The molecule has 0 aliphatic carbocycles. The van der Waals surface area contributed by atoms with Crippen LogP contribution in [0.2, 0.25) is 0 Å². The standard InChI is InChI=1S/C28H35N3O5/c1-5-25(27(33)36-28(2,3)4)35-22-11-12-24-23(16-22)21(18-30-24)14-15-29-17-20-8-6-19(7-9-20)10-13-26(32)31-34/h6-13,16,18,25,29-30,34H,5,14-15,17H2,1-4H3,(H,31,32)/b13-10+/t25-/m0/s1. The normalized spacial score (nSPS) is 12.6. The molecule has 192 valence electrons. The minimum absolute atomic E-state index is 0.358. The minimum atomic E-state index is -0.653. The lowest BCUT2D eigenvalue weighted by molar-refractivity contribution is -0.163. The number of nitrogens with one attached hydrogen (secondary N) is 3. The second-order valence-corrected chi connectivity index (χ2v) is 9.55. The maximum Gasteiger partial charge on any atom is 0.347 e. The Labute approximate surface area is 211 Å². The van der Waals surface area contributed by atoms with Gasteiger partial charge in [0.1, 0.15) is 11.4 Å². The molecular formula is C28H35N3O5. The topological polar surface area (TPSA) is 113 Å². The highest BCUT2D eigenvalue weighted by Crippen LogP contribution is 2.25. The second kappa shape index (κ2) is 12.4. The summed E-state index contributed by atoms with van der Waals surface area (Å²) < 4.78 is 11.5. The number of benzene rings is 2. The number of hydroxylamine groups is 1. The molecule has 1 aromatic heterocycles. The van der Waals surface area contributed by atoms with Gasteiger partial charge >= 0.3 is 5.97 Å². The molecule has 1 heterocycles. The van der Waals surface area contributed by atoms with Crippen LogP contribution in [0.1, 0.15) is 50.8 Å². The van der Waals surface area contributed by atoms with Crippen LogP contribution in [-0.2, 0) is 27.3 Å². The molecule has 0 unspecified atom stereocenters. The highest BCUT2D eigenvalue weighted by molar-refractivity contribution is 5.90. The molecule has 8 nitrogen and oxygen atoms in total. The molecule has 0 aliphatic rings. The Kier molecular flexibility index (Phi) is 9.27. The molecule has 0 fully saturated rings. The SMILES string of the molecule is CC[C@H](Oc1ccc2[nH]cc(CCNCc3ccc(/C=C/C(=O)NO)cc3)c2c1)C(=O)OC(C)(C)C. The van der Waals surface area contributed by atoms with Gasteiger partial charge in [0.05, 0.1) is 0 Å². The van der Waals surface area contributed by atoms with E-state index in [0.29, 0.717) is 18.7 Å². The predicted molar refractivity (Wildman–Crippen MR) is 140 cm³/mol. The number of amides is 1. The van der Waals surface area contributed by atoms with Crippen molar-refractivity contribution >= 4 is 28.9 Å². The number of carbonyl (C=O) groups excluding carboxylic acids is 2. The zero-order chi connectivity index (χ0) is 26.1. The Morgan fingerprint density at radius 2 is 1.89 bits per heavy atom. The first-order valence-electron chi connectivity index (χ1n) is 12.1. The Bertz CT molecular complexity index is 1190. The molecule has 0 saturated carbocycles. The number of fused-ring (bicyclic) bond motifs is 1. The van der Waals surface area contributed by atoms with Crippen molar-refractivity contribution in [2.75, 3.05) is 6.54 Å². The van der Waals surface area contributed by atoms with E-state index in [2.05, 4.69) is 10.3 Å². The van der Waals surface area contributed by atoms with E-state index >= 15 is 0 Å². The van der Waals surface area contributed by atoms with Crippen molar-refractivity contribution < 1.29 is 24.3 Å². The van der Waals surface area contributed by atoms with Gasteiger partial charge in [-0.3, -0.25) is 10.0 Å². The molecule has 0 spiro atoms. The molecule has 0 saturated heterocycles. The van der Waals surface area contributed by atoms with Crippen LogP contribution in [0.5, 0.6) is 5.75 Å². The van der Waals surface area contributed by atoms with Gasteiger partial charge in [-0.15, -0.1) is 0 Å². The summed E-state index contributed by atoms with van der Waals surface area (Å²) in [6.07, 6.45) is 5.60. The fourth-order valence-electron chi connectivity index (χ4n) is 3.68. The molecule has 8 heteroatoms. The lowest BCUT2D eigenvalue weighted by atomic mass is 10.1. The minimum Gasteiger partial charge on any atom is -0.479 e. The first-order valence-corrected chi connectivity index (χ1v) is 12.1. The van der Waals surface area contributed by atoms with Crippen molar-refractivity contribution in [3.8, 4) is 5.75 Å². The van der Waals surface area contributed by atoms with Gasteiger partial charge in [-0.25, -0.2) is 10.3 Å². The molecule has 3 aromatic rings. The Morgan fingerprint density at radius 1 is 1.14 bits per heavy atom. The highest BCUT2D eigenvalue weighted by atomic mass is 16.6. The number of esters is 1. The molecule has 0 radical (unpaired) electrons. The van der Waals surface area contributed by atoms with E-state index in [9.17, 15) is 9.59 Å². The van der Waals surface area contributed by atoms with Gasteiger partial charge in [-0.2, -0.15) is 0 Å². The number of carbonyl (C=O) groups is 2. The largest absolute Gasteiger partial charge is 0.479 e. The number of hydrogen-bond acceptors (Lipinski definition) is 6. The molecule has 1 atom stereocenters. The van der Waals surface area contributed by atoms with Crippen molar-refractivity contribution in [1.29, 1.82) is 0 Å². The average Bonchev–Trinajstić information content (AvgIpc) is 3.25. The average molecular weight is 494 g/mol. The lowest BCUT2D eigenvalue weighted by Gasteiger charge is -2.24. The third kappa shape index (κ3) is 7.96. The summed E-state index contributed by atoms with van der Waals surface area (Å²) in [5.74, 6) is -0.284. The van der Waals surface area contributed by atoms with E-state index in [1.54, 1.807) is 11.6 Å². The number of hydrogen-bond donors (Lipinski definition) is 4. The third-order valence-corrected chi connectivity index (χ3v) is 5.47. The van der Waals surface area contributed by atoms with Crippen LogP contribution in [-0.4, -0.2) is 40.3 Å². The van der Waals surface area contributed by atoms with Crippen molar-refractivity contribution in [2.24, 2.45) is 0 Å². The van der Waals surface area contributed by atoms with Crippen LogP contribution in [0.25, 0.3) is 17.0 Å². The van der Waals surface area contributed by atoms with E-state index in [1.165, 1.54) is 6.08 Å². The quantitative estimate of drug-likeness (QED) is 0.103. The second-order valence-electron chi connectivity index (χ2n) is 9.55. The van der Waals surface area contributed by atoms with Crippen molar-refractivity contribution in [1.82, 2.24) is 15.8 Å². The first-order chi connectivity index (χ1) is 17.2. The number of ether oxygens (including phenoxy) is 2. The van der Waals surface area contributed by atoms with Gasteiger partial charge in [-0.05, 0) is 81.1 Å². The maximum absolute atomic E-state index is 12.5. The summed E-state index contributed by atoms with van der Waals surface area (Å²) in [4.78, 5) is 26.8. The lowest BCUT2D eigenvalue weighted by Crippen LogP contribution is -2.34. The number of aromatic amines is 1. The van der Waals surface area contributed by atoms with Gasteiger partial charge in [0.15, 0.2) is 6.10 Å². The number of H-pyrrole nitrogens is 1. The van der Waals surface area contributed by atoms with E-state index in [1.807, 2.05) is 76.4 Å². The fourth-order valence-corrected chi connectivity index (χ4v) is 3.68. The van der Waals surface area contributed by atoms with Crippen molar-refractivity contribution in [3.05, 3.63) is 71.4 Å². The van der Waals surface area contributed by atoms with Gasteiger partial charge in [0, 0.05) is 29.7 Å². The number of rotatable bonds is 11. The summed E-state index contributed by atoms with van der Waals surface area (Å²) in [6.45, 7) is 8.94. The molecule has 4 N–H and O–H groups in total. The van der Waals surface area contributed by atoms with E-state index < -0.39 is 17.6 Å². The van der Waals surface area contributed by atoms with Crippen molar-refractivity contribution in [2.45, 2.75) is 58.8 Å². The summed E-state index contributed by atoms with van der Waals surface area (Å²) >= 11 is 0. The molecule has 3 rings (SSSR count). The van der Waals surface area contributed by atoms with Gasteiger partial charge in [0.2, 0.25) is 0 Å². The van der Waals surface area contributed by atoms with Gasteiger partial charge in [0.25, 0.3) is 5.91 Å². The van der Waals surface area contributed by atoms with Crippen LogP contribution in [0.15, 0.2) is 54.7 Å². The van der Waals surface area contributed by atoms with E-state index in [-0.39, 0.29) is 5.97 Å². The van der Waals surface area contributed by atoms with Crippen LogP contribution in [0, 0.1) is 0 Å². The van der Waals surface area contributed by atoms with E-state index in [4.69, 9.17) is 14.7 Å². The van der Waals surface area contributed by atoms with Crippen LogP contribution in [0.3, 0.4) is 0 Å². The van der Waals surface area contributed by atoms with Gasteiger partial charge < -0.3 is 19.8 Å². The summed E-state index contributed by atoms with van der Waals surface area (Å²) in [5, 5.41) is 13.1. The zero-order valence-corrected chi connectivity index (χ0v) is 21.3. The highest BCUT2D eigenvalue weighted by Gasteiger charge is 2.25. The first kappa shape index (κ1) is 27.0. The van der Waals surface area contributed by atoms with Crippen LogP contribution < -0.4 is 15.5 Å². The van der Waals surface area contributed by atoms with E-state index in [0.717, 1.165) is 40.6 Å². The molecule has 36 heavy (non-hydrogen) atoms. The molecule has 0 bridgehead atoms. The Balaban J connectivity index is 1.55. The maximum atomic E-state index is 12.5. The Hall–Kier alpha value is -3.62.